The molecule has 148 valence electrons. The van der Waals surface area contributed by atoms with Crippen LogP contribution in [0, 0.1) is 0 Å². The fourth-order valence-electron chi connectivity index (χ4n) is 3.29. The predicted octanol–water partition coefficient (Wildman–Crippen LogP) is 4.10. The SMILES string of the molecule is CC(=O)c1ccc(-c2ccc(C(=O)OC(C)C(=O)N3CCCCCC3)o2)cc1. The van der Waals surface area contributed by atoms with Crippen LogP contribution in [0.3, 0.4) is 0 Å². The summed E-state index contributed by atoms with van der Waals surface area (Å²) in [4.78, 5) is 38.0. The van der Waals surface area contributed by atoms with Crippen molar-refractivity contribution >= 4 is 17.7 Å². The van der Waals surface area contributed by atoms with E-state index in [9.17, 15) is 14.4 Å². The van der Waals surface area contributed by atoms with E-state index >= 15 is 0 Å². The van der Waals surface area contributed by atoms with Gasteiger partial charge in [0.2, 0.25) is 5.76 Å². The van der Waals surface area contributed by atoms with Gasteiger partial charge in [0.1, 0.15) is 5.76 Å². The first kappa shape index (κ1) is 19.9. The quantitative estimate of drug-likeness (QED) is 0.574. The molecule has 0 spiro atoms. The maximum absolute atomic E-state index is 12.5. The van der Waals surface area contributed by atoms with Crippen molar-refractivity contribution in [3.8, 4) is 11.3 Å². The van der Waals surface area contributed by atoms with E-state index in [1.807, 2.05) is 0 Å². The molecule has 1 unspecified atom stereocenters. The number of likely N-dealkylation sites (tertiary alicyclic amines) is 1. The van der Waals surface area contributed by atoms with Gasteiger partial charge in [0, 0.05) is 24.2 Å². The van der Waals surface area contributed by atoms with Gasteiger partial charge in [-0.25, -0.2) is 4.79 Å². The zero-order valence-corrected chi connectivity index (χ0v) is 16.3. The molecule has 1 aliphatic heterocycles. The summed E-state index contributed by atoms with van der Waals surface area (Å²) < 4.78 is 10.9. The smallest absolute Gasteiger partial charge is 0.375 e. The van der Waals surface area contributed by atoms with Crippen LogP contribution in [0.1, 0.15) is 60.4 Å². The molecule has 2 aromatic rings. The molecule has 6 heteroatoms. The van der Waals surface area contributed by atoms with E-state index in [2.05, 4.69) is 0 Å². The van der Waals surface area contributed by atoms with Crippen molar-refractivity contribution in [2.75, 3.05) is 13.1 Å². The lowest BCUT2D eigenvalue weighted by molar-refractivity contribution is -0.139. The molecule has 0 radical (unpaired) electrons. The summed E-state index contributed by atoms with van der Waals surface area (Å²) in [5.74, 6) is -0.308. The molecular weight excluding hydrogens is 358 g/mol. The lowest BCUT2D eigenvalue weighted by Gasteiger charge is -2.23. The fourth-order valence-corrected chi connectivity index (χ4v) is 3.29. The number of amides is 1. The van der Waals surface area contributed by atoms with Crippen LogP contribution >= 0.6 is 0 Å². The number of benzene rings is 1. The maximum Gasteiger partial charge on any atom is 0.375 e. The molecule has 1 aromatic carbocycles. The second-order valence-electron chi connectivity index (χ2n) is 7.08. The van der Waals surface area contributed by atoms with E-state index in [1.54, 1.807) is 42.2 Å². The first-order valence-electron chi connectivity index (χ1n) is 9.66. The number of esters is 1. The maximum atomic E-state index is 12.5. The molecular formula is C22H25NO5. The van der Waals surface area contributed by atoms with Crippen molar-refractivity contribution in [2.45, 2.75) is 45.6 Å². The van der Waals surface area contributed by atoms with Gasteiger partial charge >= 0.3 is 5.97 Å². The van der Waals surface area contributed by atoms with Crippen LogP contribution in [-0.2, 0) is 9.53 Å². The normalized spacial score (nSPS) is 15.6. The molecule has 1 saturated heterocycles. The Morgan fingerprint density at radius 1 is 0.964 bits per heavy atom. The Morgan fingerprint density at radius 2 is 1.61 bits per heavy atom. The minimum Gasteiger partial charge on any atom is -0.449 e. The Morgan fingerprint density at radius 3 is 2.21 bits per heavy atom. The van der Waals surface area contributed by atoms with E-state index in [0.717, 1.165) is 31.2 Å². The third-order valence-electron chi connectivity index (χ3n) is 4.93. The summed E-state index contributed by atoms with van der Waals surface area (Å²) in [6, 6.07) is 10.1. The van der Waals surface area contributed by atoms with Crippen LogP contribution in [-0.4, -0.2) is 41.8 Å². The standard InChI is InChI=1S/C22H25NO5/c1-15(24)17-7-9-18(10-8-17)19-11-12-20(28-19)22(26)27-16(2)21(25)23-13-5-3-4-6-14-23/h7-12,16H,3-6,13-14H2,1-2H3. The Labute approximate surface area is 164 Å². The topological polar surface area (TPSA) is 76.8 Å². The zero-order valence-electron chi connectivity index (χ0n) is 16.3. The predicted molar refractivity (Wildman–Crippen MR) is 104 cm³/mol. The van der Waals surface area contributed by atoms with Crippen LogP contribution in [0.25, 0.3) is 11.3 Å². The summed E-state index contributed by atoms with van der Waals surface area (Å²) in [5, 5.41) is 0. The first-order valence-corrected chi connectivity index (χ1v) is 9.66. The number of Topliss-reactive ketones (excluding diaryl/α,β-unsaturated/α-hetero) is 1. The van der Waals surface area contributed by atoms with Crippen molar-refractivity contribution in [1.29, 1.82) is 0 Å². The number of ketones is 1. The molecule has 0 aliphatic carbocycles. The third kappa shape index (κ3) is 4.68. The molecule has 1 aromatic heterocycles. The Balaban J connectivity index is 1.63. The average Bonchev–Trinajstić information content (AvgIpc) is 3.03. The highest BCUT2D eigenvalue weighted by Crippen LogP contribution is 2.23. The van der Waals surface area contributed by atoms with Crippen molar-refractivity contribution in [3.05, 3.63) is 47.7 Å². The number of carbonyl (C=O) groups is 3. The fraction of sp³-hybridized carbons (Fsp3) is 0.409. The summed E-state index contributed by atoms with van der Waals surface area (Å²) in [5.41, 5.74) is 1.36. The van der Waals surface area contributed by atoms with Crippen LogP contribution in [0.15, 0.2) is 40.8 Å². The van der Waals surface area contributed by atoms with Crippen molar-refractivity contribution in [1.82, 2.24) is 4.90 Å². The summed E-state index contributed by atoms with van der Waals surface area (Å²) >= 11 is 0. The van der Waals surface area contributed by atoms with Crippen LogP contribution in [0.4, 0.5) is 0 Å². The zero-order chi connectivity index (χ0) is 20.1. The van der Waals surface area contributed by atoms with Gasteiger partial charge < -0.3 is 14.1 Å². The van der Waals surface area contributed by atoms with Crippen LogP contribution < -0.4 is 0 Å². The van der Waals surface area contributed by atoms with Gasteiger partial charge in [-0.3, -0.25) is 9.59 Å². The summed E-state index contributed by atoms with van der Waals surface area (Å²) in [6.45, 7) is 4.52. The largest absolute Gasteiger partial charge is 0.449 e. The Kier molecular flexibility index (Phi) is 6.29. The number of furan rings is 1. The highest BCUT2D eigenvalue weighted by molar-refractivity contribution is 5.94. The molecule has 3 rings (SSSR count). The second kappa shape index (κ2) is 8.87. The van der Waals surface area contributed by atoms with E-state index in [0.29, 0.717) is 24.4 Å². The minimum absolute atomic E-state index is 0.0154. The molecule has 2 heterocycles. The highest BCUT2D eigenvalue weighted by Gasteiger charge is 2.26. The molecule has 1 atom stereocenters. The van der Waals surface area contributed by atoms with E-state index in [-0.39, 0.29) is 17.5 Å². The molecule has 1 aliphatic rings. The summed E-state index contributed by atoms with van der Waals surface area (Å²) in [6.07, 6.45) is 3.36. The Bertz CT molecular complexity index is 844. The van der Waals surface area contributed by atoms with Gasteiger partial charge in [-0.15, -0.1) is 0 Å². The molecule has 1 fully saturated rings. The van der Waals surface area contributed by atoms with Gasteiger partial charge in [-0.1, -0.05) is 37.1 Å². The Hall–Kier alpha value is -2.89. The van der Waals surface area contributed by atoms with Crippen molar-refractivity contribution < 1.29 is 23.5 Å². The molecule has 0 saturated carbocycles. The number of rotatable bonds is 5. The summed E-state index contributed by atoms with van der Waals surface area (Å²) in [7, 11) is 0. The van der Waals surface area contributed by atoms with Crippen molar-refractivity contribution in [3.63, 3.8) is 0 Å². The number of hydrogen-bond donors (Lipinski definition) is 0. The van der Waals surface area contributed by atoms with Crippen LogP contribution in [0.2, 0.25) is 0 Å². The minimum atomic E-state index is -0.853. The van der Waals surface area contributed by atoms with E-state index < -0.39 is 12.1 Å². The number of hydrogen-bond acceptors (Lipinski definition) is 5. The van der Waals surface area contributed by atoms with Gasteiger partial charge in [0.05, 0.1) is 0 Å². The van der Waals surface area contributed by atoms with Crippen LogP contribution in [0.5, 0.6) is 0 Å². The lowest BCUT2D eigenvalue weighted by atomic mass is 10.1. The third-order valence-corrected chi connectivity index (χ3v) is 4.93. The van der Waals surface area contributed by atoms with Gasteiger partial charge in [0.15, 0.2) is 11.9 Å². The first-order chi connectivity index (χ1) is 13.5. The molecule has 28 heavy (non-hydrogen) atoms. The number of carbonyl (C=O) groups excluding carboxylic acids is 3. The monoisotopic (exact) mass is 383 g/mol. The van der Waals surface area contributed by atoms with Gasteiger partial charge in [0.25, 0.3) is 5.91 Å². The van der Waals surface area contributed by atoms with Gasteiger partial charge in [-0.2, -0.15) is 0 Å². The highest BCUT2D eigenvalue weighted by atomic mass is 16.6. The van der Waals surface area contributed by atoms with E-state index in [1.165, 1.54) is 13.0 Å². The molecule has 6 nitrogen and oxygen atoms in total. The number of ether oxygens (including phenoxy) is 1. The van der Waals surface area contributed by atoms with E-state index in [4.69, 9.17) is 9.15 Å². The molecule has 0 bridgehead atoms. The lowest BCUT2D eigenvalue weighted by Crippen LogP contribution is -2.40. The number of nitrogens with zero attached hydrogens (tertiary/aromatic N) is 1. The average molecular weight is 383 g/mol. The van der Waals surface area contributed by atoms with Crippen molar-refractivity contribution in [2.24, 2.45) is 0 Å². The van der Waals surface area contributed by atoms with Gasteiger partial charge in [-0.05, 0) is 38.8 Å². The molecule has 1 amide bonds. The molecule has 0 N–H and O–H groups in total. The second-order valence-corrected chi connectivity index (χ2v) is 7.08.